The Labute approximate surface area is 170 Å². The van der Waals surface area contributed by atoms with Gasteiger partial charge in [0.05, 0.1) is 13.2 Å². The summed E-state index contributed by atoms with van der Waals surface area (Å²) in [4.78, 5) is 13.1. The van der Waals surface area contributed by atoms with Crippen LogP contribution >= 0.6 is 11.6 Å². The molecule has 3 aromatic rings. The highest BCUT2D eigenvalue weighted by atomic mass is 35.5. The van der Waals surface area contributed by atoms with Crippen molar-refractivity contribution in [2.45, 2.75) is 13.0 Å². The van der Waals surface area contributed by atoms with Crippen molar-refractivity contribution in [3.05, 3.63) is 101 Å². The Morgan fingerprint density at radius 3 is 2.25 bits per heavy atom. The summed E-state index contributed by atoms with van der Waals surface area (Å²) in [6, 6.07) is 24.6. The molecule has 0 aliphatic heterocycles. The van der Waals surface area contributed by atoms with Crippen molar-refractivity contribution in [1.29, 1.82) is 0 Å². The minimum Gasteiger partial charge on any atom is -0.497 e. The third-order valence-corrected chi connectivity index (χ3v) is 4.84. The van der Waals surface area contributed by atoms with Crippen LogP contribution in [0.4, 0.5) is 0 Å². The van der Waals surface area contributed by atoms with E-state index in [4.69, 9.17) is 16.3 Å². The highest BCUT2D eigenvalue weighted by Gasteiger charge is 2.16. The molecule has 0 aromatic heterocycles. The number of carbonyl (C=O) groups excluding carboxylic acids is 1. The van der Waals surface area contributed by atoms with Crippen LogP contribution in [0.1, 0.15) is 29.7 Å². The molecule has 0 saturated carbocycles. The van der Waals surface area contributed by atoms with E-state index in [0.717, 1.165) is 22.4 Å². The number of nitrogens with one attached hydrogen (secondary N) is 1. The van der Waals surface area contributed by atoms with Crippen LogP contribution in [0.3, 0.4) is 0 Å². The van der Waals surface area contributed by atoms with Gasteiger partial charge >= 0.3 is 0 Å². The molecule has 3 nitrogen and oxygen atoms in total. The van der Waals surface area contributed by atoms with Crippen LogP contribution in [0.5, 0.6) is 5.75 Å². The first-order valence-electron chi connectivity index (χ1n) is 9.05. The molecule has 0 unspecified atom stereocenters. The fourth-order valence-corrected chi connectivity index (χ4v) is 3.09. The molecule has 0 bridgehead atoms. The van der Waals surface area contributed by atoms with Gasteiger partial charge in [-0.1, -0.05) is 72.3 Å². The highest BCUT2D eigenvalue weighted by molar-refractivity contribution is 6.33. The molecule has 0 spiro atoms. The predicted octanol–water partition coefficient (Wildman–Crippen LogP) is 5.77. The second kappa shape index (κ2) is 9.25. The number of carbonyl (C=O) groups is 1. The first kappa shape index (κ1) is 19.7. The van der Waals surface area contributed by atoms with Gasteiger partial charge in [-0.05, 0) is 47.9 Å². The predicted molar refractivity (Wildman–Crippen MR) is 115 cm³/mol. The molecule has 1 amide bonds. The van der Waals surface area contributed by atoms with Crippen LogP contribution in [0.15, 0.2) is 78.9 Å². The van der Waals surface area contributed by atoms with E-state index in [1.54, 1.807) is 7.11 Å². The third kappa shape index (κ3) is 4.81. The molecule has 1 atom stereocenters. The Morgan fingerprint density at radius 1 is 0.964 bits per heavy atom. The summed E-state index contributed by atoms with van der Waals surface area (Å²) in [6.45, 7) is 1.96. The maximum absolute atomic E-state index is 13.1. The van der Waals surface area contributed by atoms with E-state index in [2.05, 4.69) is 5.32 Å². The largest absolute Gasteiger partial charge is 0.497 e. The van der Waals surface area contributed by atoms with Gasteiger partial charge in [0.25, 0.3) is 5.91 Å². The number of amides is 1. The minimum atomic E-state index is -0.158. The lowest BCUT2D eigenvalue weighted by molar-refractivity contribution is -0.116. The molecule has 3 aromatic carbocycles. The van der Waals surface area contributed by atoms with Crippen molar-refractivity contribution >= 4 is 29.2 Å². The van der Waals surface area contributed by atoms with E-state index in [1.807, 2.05) is 91.9 Å². The van der Waals surface area contributed by atoms with E-state index in [1.165, 1.54) is 0 Å². The van der Waals surface area contributed by atoms with Crippen LogP contribution in [0.2, 0.25) is 5.02 Å². The number of ether oxygens (including phenoxy) is 1. The smallest absolute Gasteiger partial charge is 0.252 e. The summed E-state index contributed by atoms with van der Waals surface area (Å²) in [5.74, 6) is 0.625. The zero-order valence-corrected chi connectivity index (χ0v) is 16.6. The van der Waals surface area contributed by atoms with Gasteiger partial charge in [0.1, 0.15) is 5.75 Å². The lowest BCUT2D eigenvalue weighted by Gasteiger charge is -2.17. The van der Waals surface area contributed by atoms with Crippen molar-refractivity contribution in [3.8, 4) is 5.75 Å². The van der Waals surface area contributed by atoms with Crippen molar-refractivity contribution in [1.82, 2.24) is 5.32 Å². The van der Waals surface area contributed by atoms with Gasteiger partial charge in [-0.3, -0.25) is 4.79 Å². The van der Waals surface area contributed by atoms with Gasteiger partial charge in [-0.15, -0.1) is 0 Å². The zero-order chi connectivity index (χ0) is 19.9. The number of benzene rings is 3. The molecule has 0 fully saturated rings. The molecule has 0 radical (unpaired) electrons. The SMILES string of the molecule is COc1ccc([C@H](C)NC(=O)/C(=C/c2ccccc2Cl)c2ccccc2)cc1. The quantitative estimate of drug-likeness (QED) is 0.428. The Balaban J connectivity index is 1.89. The van der Waals surface area contributed by atoms with Crippen LogP contribution in [0, 0.1) is 0 Å². The molecular formula is C24H22ClNO2. The van der Waals surface area contributed by atoms with Gasteiger partial charge in [0.15, 0.2) is 0 Å². The Hall–Kier alpha value is -3.04. The second-order valence-electron chi connectivity index (χ2n) is 6.41. The molecule has 0 aliphatic carbocycles. The normalized spacial score (nSPS) is 12.3. The first-order valence-corrected chi connectivity index (χ1v) is 9.42. The summed E-state index contributed by atoms with van der Waals surface area (Å²) in [7, 11) is 1.63. The van der Waals surface area contributed by atoms with Crippen molar-refractivity contribution in [2.24, 2.45) is 0 Å². The summed E-state index contributed by atoms with van der Waals surface area (Å²) < 4.78 is 5.19. The van der Waals surface area contributed by atoms with Crippen LogP contribution in [-0.2, 0) is 4.79 Å². The Morgan fingerprint density at radius 2 is 1.61 bits per heavy atom. The van der Waals surface area contributed by atoms with E-state index in [9.17, 15) is 4.79 Å². The van der Waals surface area contributed by atoms with E-state index in [-0.39, 0.29) is 11.9 Å². The molecule has 4 heteroatoms. The minimum absolute atomic E-state index is 0.156. The van der Waals surface area contributed by atoms with Gasteiger partial charge in [0.2, 0.25) is 0 Å². The number of methoxy groups -OCH3 is 1. The maximum atomic E-state index is 13.1. The fourth-order valence-electron chi connectivity index (χ4n) is 2.90. The molecule has 0 aliphatic rings. The summed E-state index contributed by atoms with van der Waals surface area (Å²) in [5, 5.41) is 3.68. The van der Waals surface area contributed by atoms with Gasteiger partial charge < -0.3 is 10.1 Å². The molecule has 3 rings (SSSR count). The Bertz CT molecular complexity index is 965. The maximum Gasteiger partial charge on any atom is 0.252 e. The molecule has 142 valence electrons. The number of rotatable bonds is 6. The highest BCUT2D eigenvalue weighted by Crippen LogP contribution is 2.25. The van der Waals surface area contributed by atoms with Gasteiger partial charge in [0, 0.05) is 10.6 Å². The Kier molecular flexibility index (Phi) is 6.51. The van der Waals surface area contributed by atoms with Crippen LogP contribution < -0.4 is 10.1 Å². The van der Waals surface area contributed by atoms with E-state index >= 15 is 0 Å². The lowest BCUT2D eigenvalue weighted by atomic mass is 10.0. The third-order valence-electron chi connectivity index (χ3n) is 4.50. The van der Waals surface area contributed by atoms with Crippen molar-refractivity contribution in [3.63, 3.8) is 0 Å². The molecule has 1 N–H and O–H groups in total. The summed E-state index contributed by atoms with van der Waals surface area (Å²) in [6.07, 6.45) is 1.83. The average Bonchev–Trinajstić information content (AvgIpc) is 2.73. The zero-order valence-electron chi connectivity index (χ0n) is 15.9. The van der Waals surface area contributed by atoms with Crippen molar-refractivity contribution in [2.75, 3.05) is 7.11 Å². The van der Waals surface area contributed by atoms with E-state index in [0.29, 0.717) is 10.6 Å². The van der Waals surface area contributed by atoms with Gasteiger partial charge in [-0.25, -0.2) is 0 Å². The average molecular weight is 392 g/mol. The number of hydrogen-bond donors (Lipinski definition) is 1. The molecule has 28 heavy (non-hydrogen) atoms. The van der Waals surface area contributed by atoms with Crippen LogP contribution in [0.25, 0.3) is 11.6 Å². The van der Waals surface area contributed by atoms with Crippen LogP contribution in [-0.4, -0.2) is 13.0 Å². The van der Waals surface area contributed by atoms with Gasteiger partial charge in [-0.2, -0.15) is 0 Å². The van der Waals surface area contributed by atoms with Crippen molar-refractivity contribution < 1.29 is 9.53 Å². The topological polar surface area (TPSA) is 38.3 Å². The number of hydrogen-bond acceptors (Lipinski definition) is 2. The molecule has 0 saturated heterocycles. The lowest BCUT2D eigenvalue weighted by Crippen LogP contribution is -2.27. The summed E-state index contributed by atoms with van der Waals surface area (Å²) in [5.41, 5.74) is 3.20. The number of halogens is 1. The van der Waals surface area contributed by atoms with E-state index < -0.39 is 0 Å². The fraction of sp³-hybridized carbons (Fsp3) is 0.125. The molecular weight excluding hydrogens is 370 g/mol. The standard InChI is InChI=1S/C24H22ClNO2/c1-17(18-12-14-21(28-2)15-13-18)26-24(27)22(19-8-4-3-5-9-19)16-20-10-6-7-11-23(20)25/h3-17H,1-2H3,(H,26,27)/b22-16+/t17-/m0/s1. The first-order chi connectivity index (χ1) is 13.6. The second-order valence-corrected chi connectivity index (χ2v) is 6.82. The monoisotopic (exact) mass is 391 g/mol. The summed E-state index contributed by atoms with van der Waals surface area (Å²) >= 11 is 6.30. The molecule has 0 heterocycles.